The predicted octanol–water partition coefficient (Wildman–Crippen LogP) is 3.20. The van der Waals surface area contributed by atoms with E-state index in [4.69, 9.17) is 4.74 Å². The molecule has 7 nitrogen and oxygen atoms in total. The first-order valence-corrected chi connectivity index (χ1v) is 9.35. The summed E-state index contributed by atoms with van der Waals surface area (Å²) in [7, 11) is 1.61. The third-order valence-corrected chi connectivity index (χ3v) is 4.74. The first kappa shape index (κ1) is 19.3. The van der Waals surface area contributed by atoms with E-state index in [0.717, 1.165) is 31.1 Å². The van der Waals surface area contributed by atoms with Crippen molar-refractivity contribution in [2.75, 3.05) is 19.0 Å². The maximum atomic E-state index is 13.4. The minimum absolute atomic E-state index is 0.00788. The quantitative estimate of drug-likeness (QED) is 0.553. The van der Waals surface area contributed by atoms with Gasteiger partial charge in [0, 0.05) is 18.4 Å². The Hall–Kier alpha value is -2.48. The van der Waals surface area contributed by atoms with Crippen molar-refractivity contribution < 1.29 is 13.9 Å². The molecule has 1 heterocycles. The molecule has 1 amide bonds. The SMILES string of the molecule is COCC(C)N=C(NC(=O)C1CCCCC1)Nc1n[nH]c2cc(F)ccc12. The molecule has 27 heavy (non-hydrogen) atoms. The Balaban J connectivity index is 1.79. The average Bonchev–Trinajstić information content (AvgIpc) is 3.04. The number of aromatic nitrogens is 2. The molecule has 0 radical (unpaired) electrons. The van der Waals surface area contributed by atoms with Crippen molar-refractivity contribution >= 4 is 28.6 Å². The van der Waals surface area contributed by atoms with E-state index in [-0.39, 0.29) is 23.7 Å². The van der Waals surface area contributed by atoms with Gasteiger partial charge in [-0.05, 0) is 38.0 Å². The van der Waals surface area contributed by atoms with Crippen LogP contribution in [-0.4, -0.2) is 41.8 Å². The van der Waals surface area contributed by atoms with Crippen LogP contribution >= 0.6 is 0 Å². The van der Waals surface area contributed by atoms with E-state index >= 15 is 0 Å². The number of nitrogens with zero attached hydrogens (tertiary/aromatic N) is 2. The van der Waals surface area contributed by atoms with E-state index in [0.29, 0.717) is 23.9 Å². The van der Waals surface area contributed by atoms with Crippen LogP contribution in [0.2, 0.25) is 0 Å². The van der Waals surface area contributed by atoms with Crippen molar-refractivity contribution in [1.29, 1.82) is 0 Å². The van der Waals surface area contributed by atoms with Gasteiger partial charge in [0.05, 0.1) is 18.2 Å². The lowest BCUT2D eigenvalue weighted by Crippen LogP contribution is -2.41. The van der Waals surface area contributed by atoms with E-state index in [1.165, 1.54) is 18.6 Å². The number of hydrogen-bond acceptors (Lipinski definition) is 4. The van der Waals surface area contributed by atoms with Gasteiger partial charge in [0.25, 0.3) is 0 Å². The summed E-state index contributed by atoms with van der Waals surface area (Å²) >= 11 is 0. The van der Waals surface area contributed by atoms with Gasteiger partial charge in [0.1, 0.15) is 5.82 Å². The van der Waals surface area contributed by atoms with Gasteiger partial charge in [-0.1, -0.05) is 19.3 Å². The third kappa shape index (κ3) is 5.03. The van der Waals surface area contributed by atoms with Crippen LogP contribution in [0.1, 0.15) is 39.0 Å². The van der Waals surface area contributed by atoms with Gasteiger partial charge in [-0.2, -0.15) is 5.10 Å². The van der Waals surface area contributed by atoms with Crippen LogP contribution in [0.4, 0.5) is 10.2 Å². The second-order valence-electron chi connectivity index (χ2n) is 6.99. The van der Waals surface area contributed by atoms with Crippen molar-refractivity contribution in [3.63, 3.8) is 0 Å². The molecule has 1 aromatic carbocycles. The molecule has 0 spiro atoms. The van der Waals surface area contributed by atoms with Gasteiger partial charge in [-0.15, -0.1) is 0 Å². The zero-order valence-electron chi connectivity index (χ0n) is 15.7. The molecule has 0 saturated heterocycles. The van der Waals surface area contributed by atoms with Gasteiger partial charge < -0.3 is 10.1 Å². The number of carbonyl (C=O) groups excluding carboxylic acids is 1. The fourth-order valence-electron chi connectivity index (χ4n) is 3.38. The molecule has 0 aliphatic heterocycles. The number of rotatable bonds is 5. The van der Waals surface area contributed by atoms with Crippen molar-refractivity contribution in [2.45, 2.75) is 45.1 Å². The van der Waals surface area contributed by atoms with Crippen LogP contribution in [0.25, 0.3) is 10.9 Å². The monoisotopic (exact) mass is 375 g/mol. The highest BCUT2D eigenvalue weighted by Gasteiger charge is 2.23. The van der Waals surface area contributed by atoms with Crippen LogP contribution in [0.15, 0.2) is 23.2 Å². The maximum absolute atomic E-state index is 13.4. The summed E-state index contributed by atoms with van der Waals surface area (Å²) in [6.07, 6.45) is 5.14. The topological polar surface area (TPSA) is 91.4 Å². The molecule has 1 fully saturated rings. The predicted molar refractivity (Wildman–Crippen MR) is 103 cm³/mol. The number of amides is 1. The highest BCUT2D eigenvalue weighted by atomic mass is 19.1. The van der Waals surface area contributed by atoms with Gasteiger partial charge in [0.2, 0.25) is 11.9 Å². The first-order valence-electron chi connectivity index (χ1n) is 9.35. The zero-order valence-corrected chi connectivity index (χ0v) is 15.7. The van der Waals surface area contributed by atoms with Crippen LogP contribution in [0.3, 0.4) is 0 Å². The molecule has 1 aliphatic rings. The summed E-state index contributed by atoms with van der Waals surface area (Å²) in [5.41, 5.74) is 0.570. The standard InChI is InChI=1S/C19H26FN5O2/c1-12(11-27-2)21-19(23-18(26)13-6-4-3-5-7-13)22-17-15-9-8-14(20)10-16(15)24-25-17/h8-10,12-13H,3-7,11H2,1-2H3,(H3,21,22,23,24,25,26). The Morgan fingerprint density at radius 3 is 2.93 bits per heavy atom. The van der Waals surface area contributed by atoms with Crippen molar-refractivity contribution in [1.82, 2.24) is 15.5 Å². The maximum Gasteiger partial charge on any atom is 0.229 e. The number of hydrogen-bond donors (Lipinski definition) is 3. The Bertz CT molecular complexity index is 814. The largest absolute Gasteiger partial charge is 0.382 e. The molecule has 0 bridgehead atoms. The summed E-state index contributed by atoms with van der Waals surface area (Å²) in [4.78, 5) is 17.2. The summed E-state index contributed by atoms with van der Waals surface area (Å²) in [5, 5.41) is 13.7. The Kier molecular flexibility index (Phi) is 6.39. The second-order valence-corrected chi connectivity index (χ2v) is 6.99. The number of H-pyrrole nitrogens is 1. The molecule has 1 aromatic heterocycles. The fourth-order valence-corrected chi connectivity index (χ4v) is 3.38. The number of ether oxygens (including phenoxy) is 1. The van der Waals surface area contributed by atoms with E-state index in [1.54, 1.807) is 13.2 Å². The smallest absolute Gasteiger partial charge is 0.229 e. The van der Waals surface area contributed by atoms with Gasteiger partial charge in [0.15, 0.2) is 5.82 Å². The zero-order chi connectivity index (χ0) is 19.2. The number of methoxy groups -OCH3 is 1. The molecular weight excluding hydrogens is 349 g/mol. The molecule has 1 atom stereocenters. The molecule has 1 unspecified atom stereocenters. The number of anilines is 1. The van der Waals surface area contributed by atoms with E-state index in [9.17, 15) is 9.18 Å². The summed E-state index contributed by atoms with van der Waals surface area (Å²) in [6.45, 7) is 2.33. The molecule has 3 rings (SSSR count). The lowest BCUT2D eigenvalue weighted by atomic mass is 9.89. The molecule has 1 aliphatic carbocycles. The summed E-state index contributed by atoms with van der Waals surface area (Å²) in [6, 6.07) is 4.23. The minimum atomic E-state index is -0.342. The number of aliphatic imine (C=N–C) groups is 1. The normalized spacial score (nSPS) is 17.1. The van der Waals surface area contributed by atoms with Crippen LogP contribution in [0.5, 0.6) is 0 Å². The van der Waals surface area contributed by atoms with Crippen molar-refractivity contribution in [2.24, 2.45) is 10.9 Å². The highest BCUT2D eigenvalue weighted by molar-refractivity contribution is 6.07. The van der Waals surface area contributed by atoms with Gasteiger partial charge in [-0.25, -0.2) is 9.38 Å². The summed E-state index contributed by atoms with van der Waals surface area (Å²) < 4.78 is 18.5. The van der Waals surface area contributed by atoms with Crippen LogP contribution < -0.4 is 10.6 Å². The number of benzene rings is 1. The van der Waals surface area contributed by atoms with E-state index in [2.05, 4.69) is 25.8 Å². The molecule has 2 aromatic rings. The van der Waals surface area contributed by atoms with E-state index in [1.807, 2.05) is 6.92 Å². The van der Waals surface area contributed by atoms with Crippen molar-refractivity contribution in [3.8, 4) is 0 Å². The lowest BCUT2D eigenvalue weighted by Gasteiger charge is -2.21. The van der Waals surface area contributed by atoms with Crippen LogP contribution in [-0.2, 0) is 9.53 Å². The lowest BCUT2D eigenvalue weighted by molar-refractivity contribution is -0.124. The van der Waals surface area contributed by atoms with E-state index < -0.39 is 0 Å². The minimum Gasteiger partial charge on any atom is -0.382 e. The highest BCUT2D eigenvalue weighted by Crippen LogP contribution is 2.24. The first-order chi connectivity index (χ1) is 13.1. The number of guanidine groups is 1. The Morgan fingerprint density at radius 1 is 1.41 bits per heavy atom. The van der Waals surface area contributed by atoms with Gasteiger partial charge >= 0.3 is 0 Å². The molecular formula is C19H26FN5O2. The molecule has 1 saturated carbocycles. The van der Waals surface area contributed by atoms with Gasteiger partial charge in [-0.3, -0.25) is 15.2 Å². The number of aromatic amines is 1. The Labute approximate surface area is 157 Å². The third-order valence-electron chi connectivity index (χ3n) is 4.74. The molecule has 3 N–H and O–H groups in total. The summed E-state index contributed by atoms with van der Waals surface area (Å²) in [5.74, 6) is 0.445. The average molecular weight is 375 g/mol. The molecule has 8 heteroatoms. The van der Waals surface area contributed by atoms with Crippen molar-refractivity contribution in [3.05, 3.63) is 24.0 Å². The Morgan fingerprint density at radius 2 is 2.19 bits per heavy atom. The molecule has 146 valence electrons. The second kappa shape index (κ2) is 8.94. The number of fused-ring (bicyclic) bond motifs is 1. The number of nitrogens with one attached hydrogen (secondary N) is 3. The number of carbonyl (C=O) groups is 1. The van der Waals surface area contributed by atoms with Crippen LogP contribution in [0, 0.1) is 11.7 Å². The number of halogens is 1. The fraction of sp³-hybridized carbons (Fsp3) is 0.526.